The summed E-state index contributed by atoms with van der Waals surface area (Å²) in [6.45, 7) is -0.0409. The molecule has 0 saturated heterocycles. The van der Waals surface area contributed by atoms with E-state index in [0.29, 0.717) is 6.07 Å². The van der Waals surface area contributed by atoms with Gasteiger partial charge in [-0.2, -0.15) is 13.2 Å². The van der Waals surface area contributed by atoms with E-state index < -0.39 is 23.6 Å². The molecule has 0 spiro atoms. The van der Waals surface area contributed by atoms with Crippen molar-refractivity contribution in [3.63, 3.8) is 0 Å². The number of halogens is 4. The summed E-state index contributed by atoms with van der Waals surface area (Å²) in [6, 6.07) is 1.39. The molecule has 0 saturated carbocycles. The van der Waals surface area contributed by atoms with Crippen LogP contribution in [0.15, 0.2) is 18.2 Å². The molecule has 15 heavy (non-hydrogen) atoms. The summed E-state index contributed by atoms with van der Waals surface area (Å²) in [5.74, 6) is -0.969. The van der Waals surface area contributed by atoms with E-state index in [9.17, 15) is 17.6 Å². The highest BCUT2D eigenvalue weighted by Gasteiger charge is 2.31. The maximum Gasteiger partial charge on any atom is 0.416 e. The lowest BCUT2D eigenvalue weighted by molar-refractivity contribution is -0.137. The number of alkyl halides is 3. The molecule has 1 aromatic rings. The fourth-order valence-electron chi connectivity index (χ4n) is 1.13. The third-order valence-corrected chi connectivity index (χ3v) is 1.93. The predicted octanol–water partition coefficient (Wildman–Crippen LogP) is 1.80. The molecule has 1 unspecified atom stereocenters. The van der Waals surface area contributed by atoms with Gasteiger partial charge in [0, 0.05) is 12.6 Å². The summed E-state index contributed by atoms with van der Waals surface area (Å²) in [6.07, 6.45) is -4.58. The van der Waals surface area contributed by atoms with E-state index in [2.05, 4.69) is 0 Å². The smallest absolute Gasteiger partial charge is 0.329 e. The van der Waals surface area contributed by atoms with Crippen molar-refractivity contribution in [1.29, 1.82) is 0 Å². The molecule has 0 bridgehead atoms. The number of nitrogens with two attached hydrogens (primary N) is 2. The van der Waals surface area contributed by atoms with Gasteiger partial charge in [-0.3, -0.25) is 0 Å². The maximum absolute atomic E-state index is 12.9. The zero-order chi connectivity index (χ0) is 11.6. The fraction of sp³-hybridized carbons (Fsp3) is 0.333. The second kappa shape index (κ2) is 4.16. The second-order valence-corrected chi connectivity index (χ2v) is 3.11. The van der Waals surface area contributed by atoms with Crippen LogP contribution in [0.1, 0.15) is 17.2 Å². The van der Waals surface area contributed by atoms with E-state index in [1.54, 1.807) is 0 Å². The fourth-order valence-corrected chi connectivity index (χ4v) is 1.13. The lowest BCUT2D eigenvalue weighted by Gasteiger charge is -2.13. The Morgan fingerprint density at radius 2 is 1.80 bits per heavy atom. The van der Waals surface area contributed by atoms with Crippen LogP contribution in [0.25, 0.3) is 0 Å². The highest BCUT2D eigenvalue weighted by atomic mass is 19.4. The van der Waals surface area contributed by atoms with Gasteiger partial charge < -0.3 is 11.5 Å². The Hall–Kier alpha value is -1.14. The van der Waals surface area contributed by atoms with Crippen LogP contribution in [-0.4, -0.2) is 6.54 Å². The summed E-state index contributed by atoms with van der Waals surface area (Å²) in [4.78, 5) is 0. The van der Waals surface area contributed by atoms with Gasteiger partial charge in [-0.05, 0) is 23.8 Å². The number of rotatable bonds is 2. The van der Waals surface area contributed by atoms with Crippen LogP contribution in [-0.2, 0) is 6.18 Å². The monoisotopic (exact) mass is 222 g/mol. The van der Waals surface area contributed by atoms with Crippen molar-refractivity contribution in [1.82, 2.24) is 0 Å². The van der Waals surface area contributed by atoms with Crippen LogP contribution in [0.4, 0.5) is 17.6 Å². The molecule has 1 atom stereocenters. The van der Waals surface area contributed by atoms with Crippen molar-refractivity contribution in [2.45, 2.75) is 12.2 Å². The van der Waals surface area contributed by atoms with E-state index in [4.69, 9.17) is 11.5 Å². The van der Waals surface area contributed by atoms with Gasteiger partial charge in [0.15, 0.2) is 0 Å². The molecule has 0 aliphatic rings. The first-order chi connectivity index (χ1) is 6.84. The first-order valence-electron chi connectivity index (χ1n) is 4.18. The normalized spacial score (nSPS) is 14.0. The molecule has 0 aromatic heterocycles. The summed E-state index contributed by atoms with van der Waals surface area (Å²) in [5.41, 5.74) is 9.59. The molecule has 0 amide bonds. The number of hydrogen-bond acceptors (Lipinski definition) is 2. The molecule has 1 aromatic carbocycles. The molecule has 0 heterocycles. The Morgan fingerprint density at radius 3 is 2.27 bits per heavy atom. The lowest BCUT2D eigenvalue weighted by atomic mass is 10.0. The van der Waals surface area contributed by atoms with E-state index in [1.807, 2.05) is 0 Å². The van der Waals surface area contributed by atoms with Gasteiger partial charge in [-0.1, -0.05) is 0 Å². The Morgan fingerprint density at radius 1 is 1.20 bits per heavy atom. The Labute approximate surface area is 83.9 Å². The Bertz CT molecular complexity index is 348. The molecule has 2 nitrogen and oxygen atoms in total. The van der Waals surface area contributed by atoms with Gasteiger partial charge in [0.2, 0.25) is 0 Å². The van der Waals surface area contributed by atoms with Crippen LogP contribution in [0.3, 0.4) is 0 Å². The third-order valence-electron chi connectivity index (χ3n) is 1.93. The van der Waals surface area contributed by atoms with Crippen molar-refractivity contribution in [3.8, 4) is 0 Å². The molecule has 1 rings (SSSR count). The summed E-state index contributed by atoms with van der Waals surface area (Å²) in [5, 5.41) is 0. The minimum absolute atomic E-state index is 0.0409. The molecule has 0 radical (unpaired) electrons. The molecule has 0 aliphatic heterocycles. The largest absolute Gasteiger partial charge is 0.416 e. The molecule has 84 valence electrons. The molecule has 6 heteroatoms. The number of hydrogen-bond donors (Lipinski definition) is 2. The van der Waals surface area contributed by atoms with E-state index in [1.165, 1.54) is 0 Å². The van der Waals surface area contributed by atoms with Gasteiger partial charge >= 0.3 is 6.18 Å². The standard InChI is InChI=1S/C9H10F4N2/c10-7-2-5(8(15)4-14)1-6(3-7)9(11,12)13/h1-3,8H,4,14-15H2. The zero-order valence-corrected chi connectivity index (χ0v) is 7.68. The molecule has 0 aliphatic carbocycles. The van der Waals surface area contributed by atoms with E-state index in [0.717, 1.165) is 12.1 Å². The third kappa shape index (κ3) is 2.90. The first-order valence-corrected chi connectivity index (χ1v) is 4.18. The van der Waals surface area contributed by atoms with Crippen LogP contribution < -0.4 is 11.5 Å². The van der Waals surface area contributed by atoms with Crippen LogP contribution in [0.2, 0.25) is 0 Å². The molecular weight excluding hydrogens is 212 g/mol. The molecule has 0 fully saturated rings. The van der Waals surface area contributed by atoms with Crippen molar-refractivity contribution < 1.29 is 17.6 Å². The van der Waals surface area contributed by atoms with E-state index in [-0.39, 0.29) is 12.1 Å². The zero-order valence-electron chi connectivity index (χ0n) is 7.68. The van der Waals surface area contributed by atoms with Gasteiger partial charge in [0.05, 0.1) is 5.56 Å². The van der Waals surface area contributed by atoms with Gasteiger partial charge in [-0.15, -0.1) is 0 Å². The Balaban J connectivity index is 3.17. The average Bonchev–Trinajstić information content (AvgIpc) is 2.14. The van der Waals surface area contributed by atoms with Crippen LogP contribution >= 0.6 is 0 Å². The maximum atomic E-state index is 12.9. The quantitative estimate of drug-likeness (QED) is 0.749. The lowest BCUT2D eigenvalue weighted by Crippen LogP contribution is -2.21. The van der Waals surface area contributed by atoms with Crippen molar-refractivity contribution in [2.75, 3.05) is 6.54 Å². The second-order valence-electron chi connectivity index (χ2n) is 3.11. The molecule has 4 N–H and O–H groups in total. The van der Waals surface area contributed by atoms with Crippen LogP contribution in [0, 0.1) is 5.82 Å². The summed E-state index contributed by atoms with van der Waals surface area (Å²) >= 11 is 0. The number of benzene rings is 1. The highest BCUT2D eigenvalue weighted by molar-refractivity contribution is 5.29. The molecular formula is C9H10F4N2. The minimum Gasteiger partial charge on any atom is -0.329 e. The topological polar surface area (TPSA) is 52.0 Å². The van der Waals surface area contributed by atoms with Crippen molar-refractivity contribution >= 4 is 0 Å². The highest BCUT2D eigenvalue weighted by Crippen LogP contribution is 2.31. The van der Waals surface area contributed by atoms with E-state index >= 15 is 0 Å². The van der Waals surface area contributed by atoms with Gasteiger partial charge in [0.1, 0.15) is 5.82 Å². The van der Waals surface area contributed by atoms with Gasteiger partial charge in [-0.25, -0.2) is 4.39 Å². The summed E-state index contributed by atoms with van der Waals surface area (Å²) < 4.78 is 49.7. The van der Waals surface area contributed by atoms with Crippen molar-refractivity contribution in [2.24, 2.45) is 11.5 Å². The van der Waals surface area contributed by atoms with Gasteiger partial charge in [0.25, 0.3) is 0 Å². The van der Waals surface area contributed by atoms with Crippen molar-refractivity contribution in [3.05, 3.63) is 35.1 Å². The Kier molecular flexibility index (Phi) is 3.31. The predicted molar refractivity (Wildman–Crippen MR) is 47.4 cm³/mol. The van der Waals surface area contributed by atoms with Crippen LogP contribution in [0.5, 0.6) is 0 Å². The average molecular weight is 222 g/mol. The summed E-state index contributed by atoms with van der Waals surface area (Å²) in [7, 11) is 0. The SMILES string of the molecule is NCC(N)c1cc(F)cc(C(F)(F)F)c1. The minimum atomic E-state index is -4.58. The first kappa shape index (κ1) is 11.9.